The minimum absolute atomic E-state index is 0.135. The number of aliphatic carboxylic acids is 1. The Hall–Kier alpha value is -2.88. The summed E-state index contributed by atoms with van der Waals surface area (Å²) in [4.78, 5) is 35.9. The van der Waals surface area contributed by atoms with E-state index in [0.29, 0.717) is 11.1 Å². The Kier molecular flexibility index (Phi) is 4.60. The molecule has 2 N–H and O–H groups in total. The number of hydrogen-bond donors (Lipinski definition) is 2. The number of nitrogens with one attached hydrogen (secondary N) is 1. The van der Waals surface area contributed by atoms with Gasteiger partial charge in [0.15, 0.2) is 0 Å². The summed E-state index contributed by atoms with van der Waals surface area (Å²) in [6.07, 6.45) is 0. The van der Waals surface area contributed by atoms with Crippen molar-refractivity contribution in [1.29, 1.82) is 5.26 Å². The average molecular weight is 329 g/mol. The van der Waals surface area contributed by atoms with Gasteiger partial charge in [0.2, 0.25) is 5.91 Å². The SMILES string of the molecule is CC(C)(C)c1ccc2c(c1)C(C#N)N(CC(=O)NCC(=O)O)C2=O. The Morgan fingerprint density at radius 3 is 2.58 bits per heavy atom. The van der Waals surface area contributed by atoms with Crippen molar-refractivity contribution >= 4 is 17.8 Å². The van der Waals surface area contributed by atoms with Gasteiger partial charge in [0, 0.05) is 11.1 Å². The molecule has 1 aromatic rings. The third-order valence-corrected chi connectivity index (χ3v) is 3.89. The Balaban J connectivity index is 2.27. The first kappa shape index (κ1) is 17.5. The van der Waals surface area contributed by atoms with Gasteiger partial charge < -0.3 is 15.3 Å². The molecule has 7 nitrogen and oxygen atoms in total. The number of nitrogens with zero attached hydrogens (tertiary/aromatic N) is 2. The van der Waals surface area contributed by atoms with Crippen molar-refractivity contribution in [3.63, 3.8) is 0 Å². The first-order chi connectivity index (χ1) is 11.1. The van der Waals surface area contributed by atoms with Crippen LogP contribution in [0.1, 0.15) is 48.3 Å². The molecule has 1 aliphatic rings. The van der Waals surface area contributed by atoms with Crippen molar-refractivity contribution in [2.45, 2.75) is 32.2 Å². The summed E-state index contributed by atoms with van der Waals surface area (Å²) in [5, 5.41) is 20.2. The molecule has 0 bridgehead atoms. The van der Waals surface area contributed by atoms with Gasteiger partial charge in [0.1, 0.15) is 19.1 Å². The Morgan fingerprint density at radius 1 is 1.38 bits per heavy atom. The van der Waals surface area contributed by atoms with E-state index in [2.05, 4.69) is 11.4 Å². The Bertz CT molecular complexity index is 743. The monoisotopic (exact) mass is 329 g/mol. The van der Waals surface area contributed by atoms with Crippen LogP contribution in [0.4, 0.5) is 0 Å². The van der Waals surface area contributed by atoms with E-state index in [1.807, 2.05) is 32.9 Å². The van der Waals surface area contributed by atoms with Crippen LogP contribution < -0.4 is 5.32 Å². The minimum Gasteiger partial charge on any atom is -0.480 e. The molecule has 0 saturated heterocycles. The van der Waals surface area contributed by atoms with Gasteiger partial charge in [-0.2, -0.15) is 5.26 Å². The van der Waals surface area contributed by atoms with Gasteiger partial charge in [0.25, 0.3) is 5.91 Å². The standard InChI is InChI=1S/C17H19N3O4/c1-17(2,3)10-4-5-11-12(6-10)13(7-18)20(16(11)24)9-14(21)19-8-15(22)23/h4-6,13H,8-9H2,1-3H3,(H,19,21)(H,22,23). The number of amides is 2. The number of rotatable bonds is 4. The maximum absolute atomic E-state index is 12.5. The fraction of sp³-hybridized carbons (Fsp3) is 0.412. The van der Waals surface area contributed by atoms with E-state index in [-0.39, 0.29) is 12.0 Å². The normalized spacial score (nSPS) is 16.5. The molecule has 126 valence electrons. The summed E-state index contributed by atoms with van der Waals surface area (Å²) in [5.74, 6) is -2.19. The molecular weight excluding hydrogens is 310 g/mol. The molecule has 0 fully saturated rings. The lowest BCUT2D eigenvalue weighted by Crippen LogP contribution is -2.40. The number of hydrogen-bond acceptors (Lipinski definition) is 4. The number of fused-ring (bicyclic) bond motifs is 1. The first-order valence-corrected chi connectivity index (χ1v) is 7.48. The smallest absolute Gasteiger partial charge is 0.322 e. The summed E-state index contributed by atoms with van der Waals surface area (Å²) in [7, 11) is 0. The molecule has 0 radical (unpaired) electrons. The molecule has 1 aromatic carbocycles. The third-order valence-electron chi connectivity index (χ3n) is 3.89. The molecule has 0 saturated carbocycles. The molecule has 2 rings (SSSR count). The van der Waals surface area contributed by atoms with E-state index in [4.69, 9.17) is 5.11 Å². The van der Waals surface area contributed by atoms with Crippen LogP contribution in [-0.4, -0.2) is 40.9 Å². The number of benzene rings is 1. The molecular formula is C17H19N3O4. The summed E-state index contributed by atoms with van der Waals surface area (Å²) in [5.41, 5.74) is 1.85. The van der Waals surface area contributed by atoms with Crippen LogP contribution in [0.3, 0.4) is 0 Å². The van der Waals surface area contributed by atoms with E-state index >= 15 is 0 Å². The highest BCUT2D eigenvalue weighted by Crippen LogP contribution is 2.36. The Morgan fingerprint density at radius 2 is 2.04 bits per heavy atom. The zero-order valence-corrected chi connectivity index (χ0v) is 13.8. The molecule has 24 heavy (non-hydrogen) atoms. The lowest BCUT2D eigenvalue weighted by atomic mass is 9.85. The molecule has 1 atom stereocenters. The van der Waals surface area contributed by atoms with Gasteiger partial charge >= 0.3 is 5.97 Å². The largest absolute Gasteiger partial charge is 0.480 e. The Labute approximate surface area is 139 Å². The van der Waals surface area contributed by atoms with Crippen molar-refractivity contribution in [3.05, 3.63) is 34.9 Å². The van der Waals surface area contributed by atoms with Gasteiger partial charge in [-0.3, -0.25) is 14.4 Å². The van der Waals surface area contributed by atoms with Crippen LogP contribution in [0.15, 0.2) is 18.2 Å². The predicted molar refractivity (Wildman–Crippen MR) is 85.2 cm³/mol. The minimum atomic E-state index is -1.17. The second-order valence-corrected chi connectivity index (χ2v) is 6.69. The molecule has 0 aliphatic carbocycles. The highest BCUT2D eigenvalue weighted by molar-refractivity contribution is 6.01. The van der Waals surface area contributed by atoms with Crippen molar-refractivity contribution in [2.75, 3.05) is 13.1 Å². The first-order valence-electron chi connectivity index (χ1n) is 7.48. The lowest BCUT2D eigenvalue weighted by molar-refractivity contribution is -0.138. The van der Waals surface area contributed by atoms with Gasteiger partial charge in [0.05, 0.1) is 6.07 Å². The van der Waals surface area contributed by atoms with Crippen LogP contribution in [0.25, 0.3) is 0 Å². The molecule has 1 unspecified atom stereocenters. The molecule has 2 amide bonds. The second kappa shape index (κ2) is 6.32. The topological polar surface area (TPSA) is 110 Å². The zero-order valence-electron chi connectivity index (χ0n) is 13.8. The van der Waals surface area contributed by atoms with Gasteiger partial charge in [-0.1, -0.05) is 32.9 Å². The zero-order chi connectivity index (χ0) is 18.1. The van der Waals surface area contributed by atoms with Crippen LogP contribution in [0.5, 0.6) is 0 Å². The van der Waals surface area contributed by atoms with E-state index in [9.17, 15) is 19.6 Å². The van der Waals surface area contributed by atoms with Gasteiger partial charge in [-0.15, -0.1) is 0 Å². The van der Waals surface area contributed by atoms with Gasteiger partial charge in [-0.25, -0.2) is 0 Å². The highest BCUT2D eigenvalue weighted by atomic mass is 16.4. The molecule has 1 heterocycles. The highest BCUT2D eigenvalue weighted by Gasteiger charge is 2.38. The van der Waals surface area contributed by atoms with Crippen LogP contribution in [0.2, 0.25) is 0 Å². The quantitative estimate of drug-likeness (QED) is 0.862. The number of nitriles is 1. The van der Waals surface area contributed by atoms with Crippen molar-refractivity contribution in [1.82, 2.24) is 10.2 Å². The van der Waals surface area contributed by atoms with Crippen LogP contribution in [0, 0.1) is 11.3 Å². The fourth-order valence-electron chi connectivity index (χ4n) is 2.58. The predicted octanol–water partition coefficient (Wildman–Crippen LogP) is 1.21. The molecule has 0 spiro atoms. The van der Waals surface area contributed by atoms with E-state index < -0.39 is 30.4 Å². The molecule has 7 heteroatoms. The fourth-order valence-corrected chi connectivity index (χ4v) is 2.58. The average Bonchev–Trinajstić information content (AvgIpc) is 2.76. The molecule has 0 aromatic heterocycles. The summed E-state index contributed by atoms with van der Waals surface area (Å²) >= 11 is 0. The second-order valence-electron chi connectivity index (χ2n) is 6.69. The van der Waals surface area contributed by atoms with Crippen LogP contribution in [-0.2, 0) is 15.0 Å². The number of carboxylic acids is 1. The summed E-state index contributed by atoms with van der Waals surface area (Å²) < 4.78 is 0. The summed E-state index contributed by atoms with van der Waals surface area (Å²) in [6, 6.07) is 6.56. The van der Waals surface area contributed by atoms with Crippen molar-refractivity contribution < 1.29 is 19.5 Å². The maximum atomic E-state index is 12.5. The summed E-state index contributed by atoms with van der Waals surface area (Å²) in [6.45, 7) is 5.21. The van der Waals surface area contributed by atoms with E-state index in [1.54, 1.807) is 6.07 Å². The van der Waals surface area contributed by atoms with Crippen LogP contribution >= 0.6 is 0 Å². The maximum Gasteiger partial charge on any atom is 0.322 e. The third kappa shape index (κ3) is 3.38. The lowest BCUT2D eigenvalue weighted by Gasteiger charge is -2.21. The number of carbonyl (C=O) groups excluding carboxylic acids is 2. The number of carboxylic acid groups (broad SMARTS) is 1. The van der Waals surface area contributed by atoms with E-state index in [0.717, 1.165) is 10.5 Å². The number of carbonyl (C=O) groups is 3. The van der Waals surface area contributed by atoms with Crippen molar-refractivity contribution in [2.24, 2.45) is 0 Å². The van der Waals surface area contributed by atoms with Crippen molar-refractivity contribution in [3.8, 4) is 6.07 Å². The molecule has 1 aliphatic heterocycles. The van der Waals surface area contributed by atoms with E-state index in [1.165, 1.54) is 0 Å². The van der Waals surface area contributed by atoms with Gasteiger partial charge in [-0.05, 0) is 17.0 Å².